The van der Waals surface area contributed by atoms with Crippen LogP contribution in [0.25, 0.3) is 0 Å². The smallest absolute Gasteiger partial charge is 0.351 e. The third-order valence-corrected chi connectivity index (χ3v) is 4.87. The van der Waals surface area contributed by atoms with Crippen molar-refractivity contribution in [3.05, 3.63) is 24.3 Å². The van der Waals surface area contributed by atoms with Crippen molar-refractivity contribution in [2.24, 2.45) is 5.92 Å². The fourth-order valence-corrected chi connectivity index (χ4v) is 3.27. The molecule has 1 heterocycles. The van der Waals surface area contributed by atoms with Gasteiger partial charge in [0.2, 0.25) is 6.10 Å². The van der Waals surface area contributed by atoms with Gasteiger partial charge in [-0.25, -0.2) is 4.79 Å². The highest BCUT2D eigenvalue weighted by molar-refractivity contribution is 5.85. The van der Waals surface area contributed by atoms with Gasteiger partial charge in [0.05, 0.1) is 0 Å². The second-order valence-corrected chi connectivity index (χ2v) is 6.82. The van der Waals surface area contributed by atoms with Crippen LogP contribution in [-0.2, 0) is 14.3 Å². The van der Waals surface area contributed by atoms with Gasteiger partial charge in [0.15, 0.2) is 17.6 Å². The van der Waals surface area contributed by atoms with Gasteiger partial charge in [-0.1, -0.05) is 31.9 Å². The van der Waals surface area contributed by atoms with Crippen molar-refractivity contribution >= 4 is 11.9 Å². The normalized spacial score (nSPS) is 26.4. The van der Waals surface area contributed by atoms with E-state index in [4.69, 9.17) is 14.2 Å². The summed E-state index contributed by atoms with van der Waals surface area (Å²) >= 11 is 0. The Kier molecular flexibility index (Phi) is 5.46. The maximum Gasteiger partial charge on any atom is 0.351 e. The lowest BCUT2D eigenvalue weighted by Gasteiger charge is -2.30. The van der Waals surface area contributed by atoms with Crippen molar-refractivity contribution in [3.8, 4) is 11.5 Å². The molecule has 1 aromatic carbocycles. The van der Waals surface area contributed by atoms with Crippen LogP contribution >= 0.6 is 0 Å². The number of hydrogen-bond acceptors (Lipinski definition) is 5. The maximum absolute atomic E-state index is 12.3. The largest absolute Gasteiger partial charge is 0.485 e. The fraction of sp³-hybridized carbons (Fsp3) is 0.579. The van der Waals surface area contributed by atoms with Gasteiger partial charge >= 0.3 is 5.97 Å². The van der Waals surface area contributed by atoms with Crippen LogP contribution in [0.15, 0.2) is 24.3 Å². The summed E-state index contributed by atoms with van der Waals surface area (Å²) in [6.07, 6.45) is 2.70. The van der Waals surface area contributed by atoms with Gasteiger partial charge in [0.1, 0.15) is 6.61 Å². The zero-order chi connectivity index (χ0) is 17.8. The highest BCUT2D eigenvalue weighted by atomic mass is 16.6. The summed E-state index contributed by atoms with van der Waals surface area (Å²) < 4.78 is 16.4. The molecule has 0 bridgehead atoms. The van der Waals surface area contributed by atoms with Crippen molar-refractivity contribution in [3.63, 3.8) is 0 Å². The summed E-state index contributed by atoms with van der Waals surface area (Å²) in [5.41, 5.74) is 0. The molecular weight excluding hydrogens is 322 g/mol. The summed E-state index contributed by atoms with van der Waals surface area (Å²) in [5.74, 6) is 0.706. The monoisotopic (exact) mass is 347 g/mol. The van der Waals surface area contributed by atoms with E-state index in [2.05, 4.69) is 12.2 Å². The molecule has 2 aliphatic rings. The number of rotatable bonds is 4. The third kappa shape index (κ3) is 4.24. The SMILES string of the molecule is C[C@H](OC(=O)[C@@H]1COc2ccccc2O1)C(=O)N[C@@H]1CCCC[C@@H]1C. The lowest BCUT2D eigenvalue weighted by atomic mass is 9.86. The predicted octanol–water partition coefficient (Wildman–Crippen LogP) is 2.45. The molecule has 1 N–H and O–H groups in total. The number of carbonyl (C=O) groups is 2. The topological polar surface area (TPSA) is 73.9 Å². The number of ether oxygens (including phenoxy) is 3. The van der Waals surface area contributed by atoms with E-state index in [0.717, 1.165) is 19.3 Å². The number of amides is 1. The Morgan fingerprint density at radius 2 is 1.92 bits per heavy atom. The Balaban J connectivity index is 1.51. The summed E-state index contributed by atoms with van der Waals surface area (Å²) in [6.45, 7) is 3.80. The van der Waals surface area contributed by atoms with Crippen molar-refractivity contribution in [1.29, 1.82) is 0 Å². The number of para-hydroxylation sites is 2. The predicted molar refractivity (Wildman–Crippen MR) is 91.5 cm³/mol. The standard InChI is InChI=1S/C19H25NO5/c1-12-7-3-4-8-14(12)20-18(21)13(2)24-19(22)17-11-23-15-9-5-6-10-16(15)25-17/h5-6,9-10,12-14,17H,3-4,7-8,11H2,1-2H3,(H,20,21)/t12-,13-,14+,17-/m0/s1. The van der Waals surface area contributed by atoms with Crippen LogP contribution in [0.5, 0.6) is 11.5 Å². The number of fused-ring (bicyclic) bond motifs is 1. The maximum atomic E-state index is 12.3. The van der Waals surface area contributed by atoms with E-state index in [1.807, 2.05) is 6.07 Å². The second-order valence-electron chi connectivity index (χ2n) is 6.82. The molecule has 136 valence electrons. The minimum absolute atomic E-state index is 0.0733. The first-order valence-corrected chi connectivity index (χ1v) is 8.94. The van der Waals surface area contributed by atoms with Gasteiger partial charge in [-0.05, 0) is 37.8 Å². The second kappa shape index (κ2) is 7.76. The Labute approximate surface area is 147 Å². The van der Waals surface area contributed by atoms with Crippen LogP contribution in [0.3, 0.4) is 0 Å². The van der Waals surface area contributed by atoms with Crippen molar-refractivity contribution in [2.45, 2.75) is 57.8 Å². The Bertz CT molecular complexity index is 632. The van der Waals surface area contributed by atoms with Crippen molar-refractivity contribution < 1.29 is 23.8 Å². The quantitative estimate of drug-likeness (QED) is 0.847. The van der Waals surface area contributed by atoms with Crippen LogP contribution < -0.4 is 14.8 Å². The van der Waals surface area contributed by atoms with E-state index < -0.39 is 18.2 Å². The average Bonchev–Trinajstić information content (AvgIpc) is 2.63. The first kappa shape index (κ1) is 17.6. The number of carbonyl (C=O) groups excluding carboxylic acids is 2. The van der Waals surface area contributed by atoms with E-state index in [-0.39, 0.29) is 18.6 Å². The summed E-state index contributed by atoms with van der Waals surface area (Å²) in [5, 5.41) is 3.00. The van der Waals surface area contributed by atoms with E-state index in [0.29, 0.717) is 17.4 Å². The summed E-state index contributed by atoms with van der Waals surface area (Å²) in [7, 11) is 0. The molecule has 4 atom stereocenters. The fourth-order valence-electron chi connectivity index (χ4n) is 3.27. The lowest BCUT2D eigenvalue weighted by Crippen LogP contribution is -2.47. The van der Waals surface area contributed by atoms with Crippen LogP contribution in [0.1, 0.15) is 39.5 Å². The lowest BCUT2D eigenvalue weighted by molar-refractivity contribution is -0.164. The molecule has 0 spiro atoms. The molecule has 1 aromatic rings. The summed E-state index contributed by atoms with van der Waals surface area (Å²) in [6, 6.07) is 7.30. The third-order valence-electron chi connectivity index (χ3n) is 4.87. The molecule has 0 aromatic heterocycles. The van der Waals surface area contributed by atoms with Crippen LogP contribution in [0.4, 0.5) is 0 Å². The van der Waals surface area contributed by atoms with Gasteiger partial charge in [0, 0.05) is 6.04 Å². The molecule has 6 heteroatoms. The molecule has 1 fully saturated rings. The molecule has 6 nitrogen and oxygen atoms in total. The number of esters is 1. The molecule has 1 saturated carbocycles. The molecular formula is C19H25NO5. The first-order valence-electron chi connectivity index (χ1n) is 8.94. The van der Waals surface area contributed by atoms with Crippen LogP contribution in [0, 0.1) is 5.92 Å². The molecule has 0 radical (unpaired) electrons. The zero-order valence-corrected chi connectivity index (χ0v) is 14.7. The highest BCUT2D eigenvalue weighted by Crippen LogP contribution is 2.31. The van der Waals surface area contributed by atoms with Gasteiger partial charge in [-0.15, -0.1) is 0 Å². The molecule has 0 unspecified atom stereocenters. The van der Waals surface area contributed by atoms with Crippen LogP contribution in [-0.4, -0.2) is 36.7 Å². The van der Waals surface area contributed by atoms with Gasteiger partial charge in [0.25, 0.3) is 5.91 Å². The Hall–Kier alpha value is -2.24. The molecule has 0 saturated heterocycles. The molecule has 1 amide bonds. The number of nitrogens with one attached hydrogen (secondary N) is 1. The number of benzene rings is 1. The van der Waals surface area contributed by atoms with Gasteiger partial charge < -0.3 is 19.5 Å². The number of hydrogen-bond donors (Lipinski definition) is 1. The molecule has 25 heavy (non-hydrogen) atoms. The average molecular weight is 347 g/mol. The van der Waals surface area contributed by atoms with Crippen molar-refractivity contribution in [2.75, 3.05) is 6.61 Å². The molecule has 1 aliphatic carbocycles. The Morgan fingerprint density at radius 1 is 1.20 bits per heavy atom. The van der Waals surface area contributed by atoms with Crippen molar-refractivity contribution in [1.82, 2.24) is 5.32 Å². The minimum atomic E-state index is -0.862. The van der Waals surface area contributed by atoms with E-state index in [1.165, 1.54) is 6.42 Å². The summed E-state index contributed by atoms with van der Waals surface area (Å²) in [4.78, 5) is 24.6. The molecule has 1 aliphatic heterocycles. The van der Waals surface area contributed by atoms with E-state index >= 15 is 0 Å². The molecule has 3 rings (SSSR count). The van der Waals surface area contributed by atoms with E-state index in [9.17, 15) is 9.59 Å². The first-order chi connectivity index (χ1) is 12.0. The minimum Gasteiger partial charge on any atom is -0.485 e. The van der Waals surface area contributed by atoms with E-state index in [1.54, 1.807) is 25.1 Å². The van der Waals surface area contributed by atoms with Gasteiger partial charge in [-0.2, -0.15) is 0 Å². The van der Waals surface area contributed by atoms with Crippen LogP contribution in [0.2, 0.25) is 0 Å². The zero-order valence-electron chi connectivity index (χ0n) is 14.7. The van der Waals surface area contributed by atoms with Gasteiger partial charge in [-0.3, -0.25) is 4.79 Å². The Morgan fingerprint density at radius 3 is 2.68 bits per heavy atom. The highest BCUT2D eigenvalue weighted by Gasteiger charge is 2.32.